The van der Waals surface area contributed by atoms with E-state index in [0.29, 0.717) is 30.4 Å². The fourth-order valence-electron chi connectivity index (χ4n) is 1.80. The number of likely N-dealkylation sites (N-methyl/N-ethyl adjacent to an activating group) is 1. The highest BCUT2D eigenvalue weighted by molar-refractivity contribution is 5.81. The smallest absolute Gasteiger partial charge is 0.239 e. The summed E-state index contributed by atoms with van der Waals surface area (Å²) >= 11 is 0. The van der Waals surface area contributed by atoms with E-state index < -0.39 is 0 Å². The number of anilines is 2. The minimum atomic E-state index is 0.00866. The molecule has 118 valence electrons. The number of rotatable bonds is 7. The molecule has 5 heteroatoms. The molecule has 3 N–H and O–H groups in total. The van der Waals surface area contributed by atoms with Crippen molar-refractivity contribution in [3.05, 3.63) is 18.2 Å². The zero-order chi connectivity index (χ0) is 16.0. The molecule has 0 saturated carbocycles. The van der Waals surface area contributed by atoms with E-state index in [1.54, 1.807) is 6.07 Å². The summed E-state index contributed by atoms with van der Waals surface area (Å²) in [6.45, 7) is 9.04. The Morgan fingerprint density at radius 1 is 1.33 bits per heavy atom. The first-order valence-corrected chi connectivity index (χ1v) is 7.33. The van der Waals surface area contributed by atoms with Gasteiger partial charge in [0.25, 0.3) is 0 Å². The summed E-state index contributed by atoms with van der Waals surface area (Å²) in [6, 6.07) is 5.55. The monoisotopic (exact) mass is 293 g/mol. The summed E-state index contributed by atoms with van der Waals surface area (Å²) in [7, 11) is 1.87. The molecule has 5 nitrogen and oxygen atoms in total. The van der Waals surface area contributed by atoms with Crippen LogP contribution < -0.4 is 20.7 Å². The predicted molar refractivity (Wildman–Crippen MR) is 87.7 cm³/mol. The summed E-state index contributed by atoms with van der Waals surface area (Å²) in [5, 5.41) is 2.90. The number of hydrogen-bond acceptors (Lipinski definition) is 4. The number of nitrogens with zero attached hydrogens (tertiary/aromatic N) is 1. The maximum atomic E-state index is 11.9. The highest BCUT2D eigenvalue weighted by Gasteiger charge is 2.11. The van der Waals surface area contributed by atoms with Crippen LogP contribution in [0.1, 0.15) is 27.7 Å². The molecule has 0 heterocycles. The Morgan fingerprint density at radius 2 is 2.00 bits per heavy atom. The van der Waals surface area contributed by atoms with Crippen LogP contribution in [-0.4, -0.2) is 32.1 Å². The lowest BCUT2D eigenvalue weighted by Crippen LogP contribution is -2.36. The molecule has 1 amide bonds. The third-order valence-electron chi connectivity index (χ3n) is 2.89. The third kappa shape index (κ3) is 5.94. The molecule has 0 aliphatic heterocycles. The first-order valence-electron chi connectivity index (χ1n) is 7.33. The summed E-state index contributed by atoms with van der Waals surface area (Å²) in [6.07, 6.45) is 0.0576. The number of ether oxygens (including phenoxy) is 1. The Labute approximate surface area is 127 Å². The number of amides is 1. The van der Waals surface area contributed by atoms with Gasteiger partial charge in [0.1, 0.15) is 5.75 Å². The van der Waals surface area contributed by atoms with Crippen molar-refractivity contribution in [2.24, 2.45) is 5.92 Å². The van der Waals surface area contributed by atoms with Crippen LogP contribution in [0.15, 0.2) is 18.2 Å². The Kier molecular flexibility index (Phi) is 6.34. The molecule has 1 rings (SSSR count). The van der Waals surface area contributed by atoms with Gasteiger partial charge in [-0.05, 0) is 31.9 Å². The first kappa shape index (κ1) is 17.1. The van der Waals surface area contributed by atoms with E-state index in [1.807, 2.05) is 37.9 Å². The summed E-state index contributed by atoms with van der Waals surface area (Å²) < 4.78 is 5.67. The molecular weight excluding hydrogens is 266 g/mol. The number of nitrogen functional groups attached to an aromatic ring is 1. The molecule has 0 aromatic heterocycles. The van der Waals surface area contributed by atoms with Crippen LogP contribution in [0.5, 0.6) is 5.75 Å². The van der Waals surface area contributed by atoms with Crippen molar-refractivity contribution >= 4 is 17.3 Å². The lowest BCUT2D eigenvalue weighted by Gasteiger charge is -2.21. The molecule has 0 saturated heterocycles. The van der Waals surface area contributed by atoms with E-state index in [0.717, 1.165) is 5.69 Å². The highest BCUT2D eigenvalue weighted by Crippen LogP contribution is 2.28. The van der Waals surface area contributed by atoms with Gasteiger partial charge in [-0.1, -0.05) is 13.8 Å². The molecule has 0 bridgehead atoms. The number of carbonyl (C=O) groups excluding carboxylic acids is 1. The molecule has 21 heavy (non-hydrogen) atoms. The minimum Gasteiger partial charge on any atom is -0.489 e. The van der Waals surface area contributed by atoms with Crippen molar-refractivity contribution in [3.63, 3.8) is 0 Å². The van der Waals surface area contributed by atoms with Crippen LogP contribution in [0.25, 0.3) is 0 Å². The van der Waals surface area contributed by atoms with Crippen LogP contribution in [0.3, 0.4) is 0 Å². The van der Waals surface area contributed by atoms with E-state index in [4.69, 9.17) is 10.5 Å². The van der Waals surface area contributed by atoms with Gasteiger partial charge in [-0.25, -0.2) is 0 Å². The largest absolute Gasteiger partial charge is 0.489 e. The molecule has 0 atom stereocenters. The molecule has 0 radical (unpaired) electrons. The van der Waals surface area contributed by atoms with Crippen molar-refractivity contribution in [1.82, 2.24) is 5.32 Å². The Hall–Kier alpha value is -1.91. The van der Waals surface area contributed by atoms with E-state index in [2.05, 4.69) is 19.2 Å². The second-order valence-corrected chi connectivity index (χ2v) is 5.94. The third-order valence-corrected chi connectivity index (χ3v) is 2.89. The Morgan fingerprint density at radius 3 is 2.57 bits per heavy atom. The van der Waals surface area contributed by atoms with Crippen LogP contribution >= 0.6 is 0 Å². The normalized spacial score (nSPS) is 10.8. The first-order chi connectivity index (χ1) is 9.79. The topological polar surface area (TPSA) is 67.6 Å². The number of carbonyl (C=O) groups is 1. The minimum absolute atomic E-state index is 0.00866. The van der Waals surface area contributed by atoms with E-state index in [-0.39, 0.29) is 12.0 Å². The van der Waals surface area contributed by atoms with Gasteiger partial charge >= 0.3 is 0 Å². The van der Waals surface area contributed by atoms with Gasteiger partial charge in [-0.2, -0.15) is 0 Å². The fourth-order valence-corrected chi connectivity index (χ4v) is 1.80. The lowest BCUT2D eigenvalue weighted by molar-refractivity contribution is -0.119. The fraction of sp³-hybridized carbons (Fsp3) is 0.562. The van der Waals surface area contributed by atoms with E-state index in [1.165, 1.54) is 0 Å². The van der Waals surface area contributed by atoms with E-state index >= 15 is 0 Å². The number of nitrogens with one attached hydrogen (secondary N) is 1. The second-order valence-electron chi connectivity index (χ2n) is 5.94. The van der Waals surface area contributed by atoms with Crippen molar-refractivity contribution in [3.8, 4) is 5.75 Å². The molecule has 0 fully saturated rings. The number of nitrogens with two attached hydrogens (primary N) is 1. The van der Waals surface area contributed by atoms with Crippen molar-refractivity contribution in [2.75, 3.05) is 30.8 Å². The van der Waals surface area contributed by atoms with Crippen molar-refractivity contribution < 1.29 is 9.53 Å². The Balaban J connectivity index is 2.69. The average Bonchev–Trinajstić information content (AvgIpc) is 2.38. The maximum absolute atomic E-state index is 11.9. The maximum Gasteiger partial charge on any atom is 0.239 e. The number of hydrogen-bond donors (Lipinski definition) is 2. The molecule has 0 unspecified atom stereocenters. The van der Waals surface area contributed by atoms with Crippen molar-refractivity contribution in [2.45, 2.75) is 33.8 Å². The summed E-state index contributed by atoms with van der Waals surface area (Å²) in [5.74, 6) is 1.10. The zero-order valence-electron chi connectivity index (χ0n) is 13.6. The summed E-state index contributed by atoms with van der Waals surface area (Å²) in [5.41, 5.74) is 7.40. The lowest BCUT2D eigenvalue weighted by atomic mass is 10.2. The summed E-state index contributed by atoms with van der Waals surface area (Å²) in [4.78, 5) is 13.7. The molecule has 1 aromatic rings. The zero-order valence-corrected chi connectivity index (χ0v) is 13.6. The van der Waals surface area contributed by atoms with Crippen LogP contribution in [0.2, 0.25) is 0 Å². The average molecular weight is 293 g/mol. The molecular formula is C16H27N3O2. The van der Waals surface area contributed by atoms with Gasteiger partial charge < -0.3 is 20.7 Å². The predicted octanol–water partition coefficient (Wildman–Crippen LogP) is 2.26. The quantitative estimate of drug-likeness (QED) is 0.757. The molecule has 0 aliphatic rings. The molecule has 0 aliphatic carbocycles. The number of benzene rings is 1. The van der Waals surface area contributed by atoms with Gasteiger partial charge in [-0.15, -0.1) is 0 Å². The standard InChI is InChI=1S/C16H27N3O2/c1-11(2)9-18-16(20)10-19(5)13-6-7-14(17)15(8-13)21-12(3)4/h6-8,11-12H,9-10,17H2,1-5H3,(H,18,20). The highest BCUT2D eigenvalue weighted by atomic mass is 16.5. The van der Waals surface area contributed by atoms with Crippen LogP contribution in [0, 0.1) is 5.92 Å². The van der Waals surface area contributed by atoms with Gasteiger partial charge in [-0.3, -0.25) is 4.79 Å². The van der Waals surface area contributed by atoms with E-state index in [9.17, 15) is 4.79 Å². The van der Waals surface area contributed by atoms with Gasteiger partial charge in [0.2, 0.25) is 5.91 Å². The second kappa shape index (κ2) is 7.76. The Bertz CT molecular complexity index is 473. The van der Waals surface area contributed by atoms with Crippen LogP contribution in [-0.2, 0) is 4.79 Å². The SMILES string of the molecule is CC(C)CNC(=O)CN(C)c1ccc(N)c(OC(C)C)c1. The van der Waals surface area contributed by atoms with Gasteiger partial charge in [0, 0.05) is 25.3 Å². The van der Waals surface area contributed by atoms with Crippen molar-refractivity contribution in [1.29, 1.82) is 0 Å². The van der Waals surface area contributed by atoms with Gasteiger partial charge in [0.15, 0.2) is 0 Å². The van der Waals surface area contributed by atoms with Crippen LogP contribution in [0.4, 0.5) is 11.4 Å². The molecule has 1 aromatic carbocycles. The molecule has 0 spiro atoms. The van der Waals surface area contributed by atoms with Gasteiger partial charge in [0.05, 0.1) is 18.3 Å².